The number of fused-ring (bicyclic) bond motifs is 1. The molecule has 0 spiro atoms. The number of nitrogens with zero attached hydrogens (tertiary/aromatic N) is 2. The molecular formula is C15H20N4O2. The van der Waals surface area contributed by atoms with Gasteiger partial charge in [-0.1, -0.05) is 0 Å². The van der Waals surface area contributed by atoms with E-state index in [2.05, 4.69) is 5.32 Å². The molecule has 1 saturated heterocycles. The topological polar surface area (TPSA) is 78.7 Å². The van der Waals surface area contributed by atoms with Gasteiger partial charge in [0.05, 0.1) is 11.4 Å². The van der Waals surface area contributed by atoms with Gasteiger partial charge in [-0.25, -0.2) is 0 Å². The number of rotatable bonds is 1. The van der Waals surface area contributed by atoms with E-state index in [-0.39, 0.29) is 17.9 Å². The minimum Gasteiger partial charge on any atom is -0.372 e. The van der Waals surface area contributed by atoms with Gasteiger partial charge < -0.3 is 20.9 Å². The Morgan fingerprint density at radius 2 is 2.19 bits per heavy atom. The maximum atomic E-state index is 12.5. The van der Waals surface area contributed by atoms with Gasteiger partial charge in [0, 0.05) is 44.7 Å². The Balaban J connectivity index is 1.88. The van der Waals surface area contributed by atoms with Crippen LogP contribution in [0.3, 0.4) is 0 Å². The van der Waals surface area contributed by atoms with Crippen LogP contribution in [0.1, 0.15) is 23.2 Å². The summed E-state index contributed by atoms with van der Waals surface area (Å²) >= 11 is 0. The van der Waals surface area contributed by atoms with Crippen LogP contribution in [0.5, 0.6) is 0 Å². The van der Waals surface area contributed by atoms with E-state index >= 15 is 0 Å². The fourth-order valence-electron chi connectivity index (χ4n) is 2.86. The van der Waals surface area contributed by atoms with Gasteiger partial charge in [0.15, 0.2) is 0 Å². The summed E-state index contributed by atoms with van der Waals surface area (Å²) in [6, 6.07) is 5.55. The largest absolute Gasteiger partial charge is 0.372 e. The lowest BCUT2D eigenvalue weighted by Crippen LogP contribution is -2.32. The van der Waals surface area contributed by atoms with Gasteiger partial charge in [-0.2, -0.15) is 0 Å². The number of carbonyl (C=O) groups excluding carboxylic acids is 2. The minimum absolute atomic E-state index is 0.0200. The third kappa shape index (κ3) is 2.71. The monoisotopic (exact) mass is 288 g/mol. The first-order valence-electron chi connectivity index (χ1n) is 7.24. The molecule has 0 radical (unpaired) electrons. The van der Waals surface area contributed by atoms with Gasteiger partial charge in [-0.3, -0.25) is 9.59 Å². The zero-order valence-corrected chi connectivity index (χ0v) is 12.1. The van der Waals surface area contributed by atoms with E-state index in [0.29, 0.717) is 37.3 Å². The van der Waals surface area contributed by atoms with E-state index in [4.69, 9.17) is 5.73 Å². The number of nitrogens with one attached hydrogen (secondary N) is 1. The molecule has 0 unspecified atom stereocenters. The lowest BCUT2D eigenvalue weighted by atomic mass is 10.1. The van der Waals surface area contributed by atoms with Gasteiger partial charge in [-0.15, -0.1) is 0 Å². The highest BCUT2D eigenvalue weighted by atomic mass is 16.2. The van der Waals surface area contributed by atoms with Crippen molar-refractivity contribution in [3.63, 3.8) is 0 Å². The number of anilines is 2. The summed E-state index contributed by atoms with van der Waals surface area (Å²) in [4.78, 5) is 28.0. The van der Waals surface area contributed by atoms with Crippen molar-refractivity contribution >= 4 is 23.2 Å². The quantitative estimate of drug-likeness (QED) is 0.795. The van der Waals surface area contributed by atoms with Crippen molar-refractivity contribution in [2.45, 2.75) is 18.9 Å². The highest BCUT2D eigenvalue weighted by Gasteiger charge is 2.25. The fraction of sp³-hybridized carbons (Fsp3) is 0.467. The van der Waals surface area contributed by atoms with Crippen LogP contribution >= 0.6 is 0 Å². The molecule has 2 aliphatic heterocycles. The minimum atomic E-state index is -0.0214. The standard InChI is InChI=1S/C15H20N4O2/c1-18-6-5-14(20)17-12-8-10(2-3-13(12)18)15(21)19-7-4-11(16)9-19/h2-3,8,11H,4-7,9,16H2,1H3,(H,17,20)/t11-/m1/s1. The molecule has 6 nitrogen and oxygen atoms in total. The molecule has 6 heteroatoms. The van der Waals surface area contributed by atoms with Crippen molar-refractivity contribution in [3.8, 4) is 0 Å². The Kier molecular flexibility index (Phi) is 3.55. The van der Waals surface area contributed by atoms with Crippen molar-refractivity contribution in [1.29, 1.82) is 0 Å². The molecule has 0 aliphatic carbocycles. The molecule has 3 rings (SSSR count). The molecule has 0 bridgehead atoms. The van der Waals surface area contributed by atoms with Gasteiger partial charge >= 0.3 is 0 Å². The number of nitrogens with two attached hydrogens (primary N) is 1. The van der Waals surface area contributed by atoms with Crippen molar-refractivity contribution in [1.82, 2.24) is 4.90 Å². The molecule has 1 fully saturated rings. The molecule has 2 amide bonds. The van der Waals surface area contributed by atoms with E-state index in [1.54, 1.807) is 11.0 Å². The van der Waals surface area contributed by atoms with Crippen LogP contribution in [-0.4, -0.2) is 49.4 Å². The smallest absolute Gasteiger partial charge is 0.253 e. The summed E-state index contributed by atoms with van der Waals surface area (Å²) in [6.07, 6.45) is 1.30. The molecule has 2 aliphatic rings. The third-order valence-corrected chi connectivity index (χ3v) is 4.12. The van der Waals surface area contributed by atoms with E-state index < -0.39 is 0 Å². The van der Waals surface area contributed by atoms with Gasteiger partial charge in [-0.05, 0) is 24.6 Å². The summed E-state index contributed by atoms with van der Waals surface area (Å²) in [5.41, 5.74) is 8.09. The molecular weight excluding hydrogens is 268 g/mol. The van der Waals surface area contributed by atoms with Crippen molar-refractivity contribution in [3.05, 3.63) is 23.8 Å². The second-order valence-corrected chi connectivity index (χ2v) is 5.75. The summed E-state index contributed by atoms with van der Waals surface area (Å²) in [7, 11) is 1.94. The van der Waals surface area contributed by atoms with Crippen LogP contribution in [0.15, 0.2) is 18.2 Å². The van der Waals surface area contributed by atoms with Crippen LogP contribution < -0.4 is 16.0 Å². The number of carbonyl (C=O) groups is 2. The second kappa shape index (κ2) is 5.37. The number of hydrogen-bond donors (Lipinski definition) is 2. The SMILES string of the molecule is CN1CCC(=O)Nc2cc(C(=O)N3CC[C@@H](N)C3)ccc21. The molecule has 112 valence electrons. The van der Waals surface area contributed by atoms with Crippen LogP contribution in [0.2, 0.25) is 0 Å². The molecule has 2 heterocycles. The van der Waals surface area contributed by atoms with Gasteiger partial charge in [0.25, 0.3) is 5.91 Å². The molecule has 1 aromatic carbocycles. The molecule has 1 aromatic rings. The summed E-state index contributed by atoms with van der Waals surface area (Å²) in [5.74, 6) is -0.0414. The Hall–Kier alpha value is -2.08. The van der Waals surface area contributed by atoms with E-state index in [9.17, 15) is 9.59 Å². The van der Waals surface area contributed by atoms with E-state index in [1.165, 1.54) is 0 Å². The first-order valence-corrected chi connectivity index (χ1v) is 7.24. The summed E-state index contributed by atoms with van der Waals surface area (Å²) in [5, 5.41) is 2.87. The Bertz CT molecular complexity index is 587. The summed E-state index contributed by atoms with van der Waals surface area (Å²) in [6.45, 7) is 1.97. The highest BCUT2D eigenvalue weighted by molar-refractivity contribution is 6.01. The predicted octanol–water partition coefficient (Wildman–Crippen LogP) is 0.638. The van der Waals surface area contributed by atoms with E-state index in [0.717, 1.165) is 12.1 Å². The molecule has 0 saturated carbocycles. The fourth-order valence-corrected chi connectivity index (χ4v) is 2.86. The predicted molar refractivity (Wildman–Crippen MR) is 81.5 cm³/mol. The second-order valence-electron chi connectivity index (χ2n) is 5.75. The average molecular weight is 288 g/mol. The molecule has 21 heavy (non-hydrogen) atoms. The molecule has 3 N–H and O–H groups in total. The number of likely N-dealkylation sites (tertiary alicyclic amines) is 1. The maximum absolute atomic E-state index is 12.5. The lowest BCUT2D eigenvalue weighted by Gasteiger charge is -2.20. The average Bonchev–Trinajstić information content (AvgIpc) is 2.84. The first-order chi connectivity index (χ1) is 10.0. The van der Waals surface area contributed by atoms with Crippen LogP contribution in [0, 0.1) is 0 Å². The summed E-state index contributed by atoms with van der Waals surface area (Å²) < 4.78 is 0. The first kappa shape index (κ1) is 13.9. The number of benzene rings is 1. The molecule has 1 atom stereocenters. The van der Waals surface area contributed by atoms with Gasteiger partial charge in [0.2, 0.25) is 5.91 Å². The zero-order valence-electron chi connectivity index (χ0n) is 12.1. The molecule has 0 aromatic heterocycles. The zero-order chi connectivity index (χ0) is 15.0. The number of hydrogen-bond acceptors (Lipinski definition) is 4. The van der Waals surface area contributed by atoms with E-state index in [1.807, 2.05) is 24.1 Å². The van der Waals surface area contributed by atoms with Crippen LogP contribution in [0.4, 0.5) is 11.4 Å². The third-order valence-electron chi connectivity index (χ3n) is 4.12. The van der Waals surface area contributed by atoms with Crippen LogP contribution in [0.25, 0.3) is 0 Å². The normalized spacial score (nSPS) is 21.8. The number of amides is 2. The van der Waals surface area contributed by atoms with Crippen LogP contribution in [-0.2, 0) is 4.79 Å². The van der Waals surface area contributed by atoms with Crippen molar-refractivity contribution in [2.24, 2.45) is 5.73 Å². The Morgan fingerprint density at radius 3 is 2.90 bits per heavy atom. The highest BCUT2D eigenvalue weighted by Crippen LogP contribution is 2.29. The maximum Gasteiger partial charge on any atom is 0.253 e. The Labute approximate surface area is 123 Å². The Morgan fingerprint density at radius 1 is 1.38 bits per heavy atom. The van der Waals surface area contributed by atoms with Gasteiger partial charge in [0.1, 0.15) is 0 Å². The van der Waals surface area contributed by atoms with Crippen molar-refractivity contribution < 1.29 is 9.59 Å². The lowest BCUT2D eigenvalue weighted by molar-refractivity contribution is -0.115. The van der Waals surface area contributed by atoms with Crippen molar-refractivity contribution in [2.75, 3.05) is 36.9 Å².